The zero-order chi connectivity index (χ0) is 14.9. The first-order valence-corrected chi connectivity index (χ1v) is 6.42. The summed E-state index contributed by atoms with van der Waals surface area (Å²) in [6.07, 6.45) is -4.32. The predicted molar refractivity (Wildman–Crippen MR) is 69.1 cm³/mol. The number of rotatable bonds is 1. The normalized spacial score (nSPS) is 21.1. The van der Waals surface area contributed by atoms with E-state index in [1.807, 2.05) is 7.05 Å². The van der Waals surface area contributed by atoms with Gasteiger partial charge in [-0.25, -0.2) is 0 Å². The summed E-state index contributed by atoms with van der Waals surface area (Å²) in [6, 6.07) is 5.11. The molecular formula is C14H17F3N2O. The van der Waals surface area contributed by atoms with E-state index in [4.69, 9.17) is 0 Å². The maximum Gasteiger partial charge on any atom is 0.416 e. The molecular weight excluding hydrogens is 269 g/mol. The van der Waals surface area contributed by atoms with E-state index in [1.54, 1.807) is 4.90 Å². The molecule has 0 unspecified atom stereocenters. The number of carbonyl (C=O) groups is 1. The molecule has 1 aromatic carbocycles. The van der Waals surface area contributed by atoms with Crippen LogP contribution in [-0.2, 0) is 11.0 Å². The summed E-state index contributed by atoms with van der Waals surface area (Å²) in [4.78, 5) is 15.2. The molecule has 1 saturated heterocycles. The van der Waals surface area contributed by atoms with Gasteiger partial charge in [-0.05, 0) is 24.7 Å². The lowest BCUT2D eigenvalue weighted by Crippen LogP contribution is -2.48. The minimum atomic E-state index is -4.32. The second-order valence-corrected chi connectivity index (χ2v) is 5.08. The van der Waals surface area contributed by atoms with Gasteiger partial charge in [0, 0.05) is 26.6 Å². The monoisotopic (exact) mass is 286 g/mol. The average molecular weight is 286 g/mol. The summed E-state index contributed by atoms with van der Waals surface area (Å²) >= 11 is 0. The fraction of sp³-hybridized carbons (Fsp3) is 0.500. The standard InChI is InChI=1S/C14H17F3N2O/c1-10(20)19-8-7-18(2)13(9-19)11-3-5-12(6-4-11)14(15,16)17/h3-6,13H,7-9H2,1-2H3/t13-/m0/s1. The van der Waals surface area contributed by atoms with Crippen molar-refractivity contribution in [3.8, 4) is 0 Å². The van der Waals surface area contributed by atoms with Gasteiger partial charge in [-0.1, -0.05) is 12.1 Å². The number of amides is 1. The van der Waals surface area contributed by atoms with Crippen LogP contribution in [0.25, 0.3) is 0 Å². The predicted octanol–water partition coefficient (Wildman–Crippen LogP) is 2.54. The van der Waals surface area contributed by atoms with Crippen molar-refractivity contribution in [1.82, 2.24) is 9.80 Å². The lowest BCUT2D eigenvalue weighted by molar-refractivity contribution is -0.137. The van der Waals surface area contributed by atoms with Crippen LogP contribution in [-0.4, -0.2) is 42.4 Å². The van der Waals surface area contributed by atoms with Crippen molar-refractivity contribution >= 4 is 5.91 Å². The lowest BCUT2D eigenvalue weighted by Gasteiger charge is -2.39. The van der Waals surface area contributed by atoms with Gasteiger partial charge in [0.05, 0.1) is 11.6 Å². The van der Waals surface area contributed by atoms with Crippen molar-refractivity contribution in [2.24, 2.45) is 0 Å². The third-order valence-corrected chi connectivity index (χ3v) is 3.72. The number of piperazine rings is 1. The van der Waals surface area contributed by atoms with Gasteiger partial charge in [0.15, 0.2) is 0 Å². The summed E-state index contributed by atoms with van der Waals surface area (Å²) < 4.78 is 37.6. The molecule has 20 heavy (non-hydrogen) atoms. The van der Waals surface area contributed by atoms with Gasteiger partial charge in [0.25, 0.3) is 0 Å². The molecule has 1 heterocycles. The average Bonchev–Trinajstić information content (AvgIpc) is 2.38. The van der Waals surface area contributed by atoms with Crippen molar-refractivity contribution in [2.45, 2.75) is 19.1 Å². The summed E-state index contributed by atoms with van der Waals surface area (Å²) in [5.41, 5.74) is 0.148. The number of likely N-dealkylation sites (N-methyl/N-ethyl adjacent to an activating group) is 1. The molecule has 1 aliphatic heterocycles. The first-order valence-electron chi connectivity index (χ1n) is 6.42. The molecule has 0 aliphatic carbocycles. The van der Waals surface area contributed by atoms with Crippen molar-refractivity contribution in [2.75, 3.05) is 26.7 Å². The number of halogens is 3. The van der Waals surface area contributed by atoms with Gasteiger partial charge in [-0.2, -0.15) is 13.2 Å². The molecule has 0 N–H and O–H groups in total. The molecule has 1 aromatic rings. The Hall–Kier alpha value is -1.56. The third kappa shape index (κ3) is 3.12. The largest absolute Gasteiger partial charge is 0.416 e. The van der Waals surface area contributed by atoms with Crippen LogP contribution in [0.1, 0.15) is 24.1 Å². The first-order chi connectivity index (χ1) is 9.29. The number of benzene rings is 1. The molecule has 0 radical (unpaired) electrons. The van der Waals surface area contributed by atoms with Crippen molar-refractivity contribution in [3.05, 3.63) is 35.4 Å². The van der Waals surface area contributed by atoms with E-state index in [1.165, 1.54) is 19.1 Å². The molecule has 1 amide bonds. The van der Waals surface area contributed by atoms with E-state index < -0.39 is 11.7 Å². The van der Waals surface area contributed by atoms with Crippen molar-refractivity contribution in [1.29, 1.82) is 0 Å². The highest BCUT2D eigenvalue weighted by atomic mass is 19.4. The van der Waals surface area contributed by atoms with E-state index in [-0.39, 0.29) is 11.9 Å². The minimum Gasteiger partial charge on any atom is -0.340 e. The zero-order valence-electron chi connectivity index (χ0n) is 11.4. The van der Waals surface area contributed by atoms with Gasteiger partial charge >= 0.3 is 6.18 Å². The molecule has 1 atom stereocenters. The van der Waals surface area contributed by atoms with Crippen molar-refractivity contribution < 1.29 is 18.0 Å². The molecule has 0 bridgehead atoms. The van der Waals surface area contributed by atoms with Gasteiger partial charge in [-0.15, -0.1) is 0 Å². The van der Waals surface area contributed by atoms with E-state index >= 15 is 0 Å². The number of carbonyl (C=O) groups excluding carboxylic acids is 1. The molecule has 1 fully saturated rings. The number of alkyl halides is 3. The van der Waals surface area contributed by atoms with Crippen molar-refractivity contribution in [3.63, 3.8) is 0 Å². The third-order valence-electron chi connectivity index (χ3n) is 3.72. The molecule has 0 saturated carbocycles. The molecule has 1 aliphatic rings. The highest BCUT2D eigenvalue weighted by Crippen LogP contribution is 2.31. The van der Waals surface area contributed by atoms with E-state index in [2.05, 4.69) is 4.90 Å². The Kier molecular flexibility index (Phi) is 4.04. The fourth-order valence-corrected chi connectivity index (χ4v) is 2.41. The van der Waals surface area contributed by atoms with Crippen LogP contribution in [0.3, 0.4) is 0 Å². The van der Waals surface area contributed by atoms with E-state index in [9.17, 15) is 18.0 Å². The number of hydrogen-bond acceptors (Lipinski definition) is 2. The first kappa shape index (κ1) is 14.8. The number of nitrogens with zero attached hydrogens (tertiary/aromatic N) is 2. The molecule has 6 heteroatoms. The topological polar surface area (TPSA) is 23.6 Å². The van der Waals surface area contributed by atoms with Crippen LogP contribution >= 0.6 is 0 Å². The molecule has 2 rings (SSSR count). The van der Waals surface area contributed by atoms with Crippen LogP contribution in [0.2, 0.25) is 0 Å². The van der Waals surface area contributed by atoms with E-state index in [0.717, 1.165) is 17.7 Å². The Morgan fingerprint density at radius 3 is 2.30 bits per heavy atom. The second kappa shape index (κ2) is 5.44. The summed E-state index contributed by atoms with van der Waals surface area (Å²) in [6.45, 7) is 3.39. The van der Waals surface area contributed by atoms with Crippen LogP contribution < -0.4 is 0 Å². The Morgan fingerprint density at radius 2 is 1.80 bits per heavy atom. The molecule has 0 spiro atoms. The molecule has 3 nitrogen and oxygen atoms in total. The Balaban J connectivity index is 2.19. The summed E-state index contributed by atoms with van der Waals surface area (Å²) in [5, 5.41) is 0. The van der Waals surface area contributed by atoms with E-state index in [0.29, 0.717) is 19.6 Å². The van der Waals surface area contributed by atoms with Crippen LogP contribution in [0.15, 0.2) is 24.3 Å². The Morgan fingerprint density at radius 1 is 1.20 bits per heavy atom. The molecule has 0 aromatic heterocycles. The molecule has 110 valence electrons. The Bertz CT molecular complexity index is 484. The van der Waals surface area contributed by atoms with Crippen LogP contribution in [0.4, 0.5) is 13.2 Å². The smallest absolute Gasteiger partial charge is 0.340 e. The minimum absolute atomic E-state index is 0.00462. The maximum atomic E-state index is 12.5. The highest BCUT2D eigenvalue weighted by molar-refractivity contribution is 5.73. The van der Waals surface area contributed by atoms with Gasteiger partial charge in [0.1, 0.15) is 0 Å². The number of hydrogen-bond donors (Lipinski definition) is 0. The quantitative estimate of drug-likeness (QED) is 0.792. The Labute approximate surface area is 116 Å². The van der Waals surface area contributed by atoms with Gasteiger partial charge < -0.3 is 4.90 Å². The second-order valence-electron chi connectivity index (χ2n) is 5.08. The van der Waals surface area contributed by atoms with Gasteiger partial charge in [-0.3, -0.25) is 9.69 Å². The van der Waals surface area contributed by atoms with Gasteiger partial charge in [0.2, 0.25) is 5.91 Å². The summed E-state index contributed by atoms with van der Waals surface area (Å²) in [5.74, 6) is -0.00462. The van der Waals surface area contributed by atoms with Crippen LogP contribution in [0, 0.1) is 0 Å². The SMILES string of the molecule is CC(=O)N1CCN(C)[C@H](c2ccc(C(F)(F)F)cc2)C1. The maximum absolute atomic E-state index is 12.5. The lowest BCUT2D eigenvalue weighted by atomic mass is 10.0. The fourth-order valence-electron chi connectivity index (χ4n) is 2.41. The zero-order valence-corrected chi connectivity index (χ0v) is 11.4. The van der Waals surface area contributed by atoms with Crippen LogP contribution in [0.5, 0.6) is 0 Å². The summed E-state index contributed by atoms with van der Waals surface area (Å²) in [7, 11) is 1.92. The highest BCUT2D eigenvalue weighted by Gasteiger charge is 2.31.